The molecule has 1 aromatic heterocycles. The lowest BCUT2D eigenvalue weighted by atomic mass is 10.1. The zero-order valence-corrected chi connectivity index (χ0v) is 20.5. The molecular formula is C20H33IN6O2. The molecular weight excluding hydrogens is 483 g/mol. The SMILES string of the molecule is COCCNC(=NCc1ccc(C)cc1OC(C)C)NCc1nnc(C)n1C.I. The number of hydrogen-bond acceptors (Lipinski definition) is 5. The Kier molecular flexibility index (Phi) is 11.0. The van der Waals surface area contributed by atoms with Crippen LogP contribution in [0.5, 0.6) is 5.75 Å². The molecule has 29 heavy (non-hydrogen) atoms. The van der Waals surface area contributed by atoms with E-state index in [1.54, 1.807) is 7.11 Å². The minimum absolute atomic E-state index is 0. The van der Waals surface area contributed by atoms with Crippen LogP contribution in [0.25, 0.3) is 0 Å². The van der Waals surface area contributed by atoms with Crippen LogP contribution in [0.1, 0.15) is 36.6 Å². The Morgan fingerprint density at radius 1 is 1.21 bits per heavy atom. The molecule has 9 heteroatoms. The van der Waals surface area contributed by atoms with Gasteiger partial charge >= 0.3 is 0 Å². The summed E-state index contributed by atoms with van der Waals surface area (Å²) in [5.74, 6) is 3.28. The summed E-state index contributed by atoms with van der Waals surface area (Å²) in [7, 11) is 3.62. The van der Waals surface area contributed by atoms with Gasteiger partial charge in [-0.2, -0.15) is 0 Å². The van der Waals surface area contributed by atoms with E-state index in [1.165, 1.54) is 0 Å². The fraction of sp³-hybridized carbons (Fsp3) is 0.550. The standard InChI is InChI=1S/C20H32N6O2.HI/c1-14(2)28-18-11-15(3)7-8-17(18)12-22-20(21-9-10-27-6)23-13-19-25-24-16(4)26(19)5;/h7-8,11,14H,9-10,12-13H2,1-6H3,(H2,21,22,23);1H. The van der Waals surface area contributed by atoms with E-state index in [0.717, 1.165) is 28.5 Å². The molecule has 2 N–H and O–H groups in total. The van der Waals surface area contributed by atoms with Crippen molar-refractivity contribution < 1.29 is 9.47 Å². The predicted octanol–water partition coefficient (Wildman–Crippen LogP) is 2.72. The highest BCUT2D eigenvalue weighted by atomic mass is 127. The normalized spacial score (nSPS) is 11.3. The van der Waals surface area contributed by atoms with Gasteiger partial charge < -0.3 is 24.7 Å². The van der Waals surface area contributed by atoms with Crippen molar-refractivity contribution in [3.05, 3.63) is 41.0 Å². The van der Waals surface area contributed by atoms with E-state index in [9.17, 15) is 0 Å². The van der Waals surface area contributed by atoms with Crippen molar-refractivity contribution >= 4 is 29.9 Å². The van der Waals surface area contributed by atoms with E-state index in [4.69, 9.17) is 14.5 Å². The van der Waals surface area contributed by atoms with Crippen LogP contribution in [0.3, 0.4) is 0 Å². The van der Waals surface area contributed by atoms with Crippen LogP contribution >= 0.6 is 24.0 Å². The number of nitrogens with one attached hydrogen (secondary N) is 2. The van der Waals surface area contributed by atoms with Crippen molar-refractivity contribution in [3.63, 3.8) is 0 Å². The van der Waals surface area contributed by atoms with Crippen molar-refractivity contribution in [1.82, 2.24) is 25.4 Å². The number of aliphatic imine (C=N–C) groups is 1. The van der Waals surface area contributed by atoms with E-state index >= 15 is 0 Å². The Hall–Kier alpha value is -1.88. The van der Waals surface area contributed by atoms with E-state index in [0.29, 0.717) is 32.2 Å². The maximum absolute atomic E-state index is 5.95. The molecule has 0 spiro atoms. The summed E-state index contributed by atoms with van der Waals surface area (Å²) in [5, 5.41) is 14.9. The summed E-state index contributed by atoms with van der Waals surface area (Å²) in [5.41, 5.74) is 2.21. The van der Waals surface area contributed by atoms with Crippen LogP contribution in [-0.2, 0) is 24.9 Å². The zero-order valence-electron chi connectivity index (χ0n) is 18.2. The lowest BCUT2D eigenvalue weighted by molar-refractivity contribution is 0.203. The molecule has 0 aliphatic heterocycles. The maximum Gasteiger partial charge on any atom is 0.192 e. The topological polar surface area (TPSA) is 85.6 Å². The predicted molar refractivity (Wildman–Crippen MR) is 126 cm³/mol. The molecule has 2 rings (SSSR count). The molecule has 0 saturated heterocycles. The monoisotopic (exact) mass is 516 g/mol. The molecule has 0 atom stereocenters. The van der Waals surface area contributed by atoms with Gasteiger partial charge in [0.05, 0.1) is 25.8 Å². The maximum atomic E-state index is 5.95. The smallest absolute Gasteiger partial charge is 0.192 e. The highest BCUT2D eigenvalue weighted by Crippen LogP contribution is 2.22. The minimum atomic E-state index is 0. The van der Waals surface area contributed by atoms with E-state index in [2.05, 4.69) is 46.0 Å². The Morgan fingerprint density at radius 3 is 2.59 bits per heavy atom. The number of guanidine groups is 1. The minimum Gasteiger partial charge on any atom is -0.491 e. The number of aromatic nitrogens is 3. The molecule has 0 radical (unpaired) electrons. The molecule has 0 bridgehead atoms. The van der Waals surface area contributed by atoms with Gasteiger partial charge in [0.25, 0.3) is 0 Å². The van der Waals surface area contributed by atoms with Gasteiger partial charge in [-0.3, -0.25) is 0 Å². The first kappa shape index (κ1) is 25.2. The van der Waals surface area contributed by atoms with E-state index in [1.807, 2.05) is 32.4 Å². The van der Waals surface area contributed by atoms with Gasteiger partial charge in [-0.25, -0.2) is 4.99 Å². The average Bonchev–Trinajstić information content (AvgIpc) is 2.96. The summed E-state index contributed by atoms with van der Waals surface area (Å²) in [4.78, 5) is 4.72. The van der Waals surface area contributed by atoms with Crippen LogP contribution < -0.4 is 15.4 Å². The van der Waals surface area contributed by atoms with Gasteiger partial charge in [0.2, 0.25) is 0 Å². The molecule has 162 valence electrons. The van der Waals surface area contributed by atoms with Crippen molar-refractivity contribution in [2.75, 3.05) is 20.3 Å². The quantitative estimate of drug-likeness (QED) is 0.231. The molecule has 1 heterocycles. The Bertz CT molecular complexity index is 791. The number of methoxy groups -OCH3 is 1. The van der Waals surface area contributed by atoms with Crippen LogP contribution in [0.4, 0.5) is 0 Å². The lowest BCUT2D eigenvalue weighted by Crippen LogP contribution is -2.39. The highest BCUT2D eigenvalue weighted by molar-refractivity contribution is 14.0. The number of ether oxygens (including phenoxy) is 2. The fourth-order valence-electron chi connectivity index (χ4n) is 2.53. The van der Waals surface area contributed by atoms with Crippen molar-refractivity contribution in [2.45, 2.75) is 46.9 Å². The Balaban J connectivity index is 0.00000420. The number of nitrogens with zero attached hydrogens (tertiary/aromatic N) is 4. The number of benzene rings is 1. The first-order valence-electron chi connectivity index (χ1n) is 9.53. The summed E-state index contributed by atoms with van der Waals surface area (Å²) in [6.45, 7) is 10.3. The Labute approximate surface area is 190 Å². The molecule has 0 fully saturated rings. The summed E-state index contributed by atoms with van der Waals surface area (Å²) in [6.07, 6.45) is 0.112. The van der Waals surface area contributed by atoms with Crippen LogP contribution in [0.2, 0.25) is 0 Å². The zero-order chi connectivity index (χ0) is 20.5. The molecule has 0 aliphatic rings. The highest BCUT2D eigenvalue weighted by Gasteiger charge is 2.09. The van der Waals surface area contributed by atoms with Crippen LogP contribution in [0.15, 0.2) is 23.2 Å². The third kappa shape index (κ3) is 8.17. The van der Waals surface area contributed by atoms with Crippen LogP contribution in [-0.4, -0.2) is 47.1 Å². The molecule has 8 nitrogen and oxygen atoms in total. The van der Waals surface area contributed by atoms with E-state index in [-0.39, 0.29) is 30.1 Å². The molecule has 2 aromatic rings. The van der Waals surface area contributed by atoms with Gasteiger partial charge in [0.15, 0.2) is 11.8 Å². The first-order chi connectivity index (χ1) is 13.4. The number of hydrogen-bond donors (Lipinski definition) is 2. The average molecular weight is 516 g/mol. The molecule has 0 saturated carbocycles. The third-order valence-corrected chi connectivity index (χ3v) is 4.19. The lowest BCUT2D eigenvalue weighted by Gasteiger charge is -2.15. The number of aryl methyl sites for hydroxylation is 2. The summed E-state index contributed by atoms with van der Waals surface area (Å²) >= 11 is 0. The molecule has 1 aromatic carbocycles. The fourth-order valence-corrected chi connectivity index (χ4v) is 2.53. The van der Waals surface area contributed by atoms with Gasteiger partial charge in [0.1, 0.15) is 11.6 Å². The molecule has 0 unspecified atom stereocenters. The van der Waals surface area contributed by atoms with Crippen LogP contribution in [0, 0.1) is 13.8 Å². The number of halogens is 1. The Morgan fingerprint density at radius 2 is 1.97 bits per heavy atom. The second kappa shape index (κ2) is 12.6. The second-order valence-corrected chi connectivity index (χ2v) is 6.94. The molecule has 0 aliphatic carbocycles. The molecule has 0 amide bonds. The second-order valence-electron chi connectivity index (χ2n) is 6.94. The van der Waals surface area contributed by atoms with Gasteiger partial charge in [0, 0.05) is 26.3 Å². The largest absolute Gasteiger partial charge is 0.491 e. The summed E-state index contributed by atoms with van der Waals surface area (Å²) < 4.78 is 13.0. The van der Waals surface area contributed by atoms with Gasteiger partial charge in [-0.05, 0) is 39.3 Å². The van der Waals surface area contributed by atoms with Gasteiger partial charge in [-0.1, -0.05) is 12.1 Å². The van der Waals surface area contributed by atoms with E-state index < -0.39 is 0 Å². The summed E-state index contributed by atoms with van der Waals surface area (Å²) in [6, 6.07) is 6.19. The third-order valence-electron chi connectivity index (χ3n) is 4.19. The van der Waals surface area contributed by atoms with Crippen molar-refractivity contribution in [1.29, 1.82) is 0 Å². The van der Waals surface area contributed by atoms with Gasteiger partial charge in [-0.15, -0.1) is 34.2 Å². The first-order valence-corrected chi connectivity index (χ1v) is 9.53. The van der Waals surface area contributed by atoms with Crippen molar-refractivity contribution in [3.8, 4) is 5.75 Å². The van der Waals surface area contributed by atoms with Crippen molar-refractivity contribution in [2.24, 2.45) is 12.0 Å². The number of rotatable bonds is 9.